The van der Waals surface area contributed by atoms with E-state index in [9.17, 15) is 9.90 Å². The predicted molar refractivity (Wildman–Crippen MR) is 76.7 cm³/mol. The third-order valence-electron chi connectivity index (χ3n) is 3.67. The summed E-state index contributed by atoms with van der Waals surface area (Å²) in [6.07, 6.45) is 0. The van der Waals surface area contributed by atoms with Gasteiger partial charge in [0.1, 0.15) is 0 Å². The number of aliphatic hydroxyl groups is 1. The summed E-state index contributed by atoms with van der Waals surface area (Å²) < 4.78 is 0. The zero-order valence-electron chi connectivity index (χ0n) is 12.7. The number of amides is 1. The molecule has 0 aromatic carbocycles. The molecule has 0 radical (unpaired) electrons. The highest BCUT2D eigenvalue weighted by Crippen LogP contribution is 2.15. The molecule has 1 aliphatic rings. The Labute approximate surface area is 116 Å². The predicted octanol–water partition coefficient (Wildman–Crippen LogP) is 0.132. The van der Waals surface area contributed by atoms with Crippen molar-refractivity contribution >= 4 is 5.91 Å². The van der Waals surface area contributed by atoms with E-state index in [-0.39, 0.29) is 17.7 Å². The highest BCUT2D eigenvalue weighted by atomic mass is 16.3. The maximum Gasteiger partial charge on any atom is 0.227 e. The second-order valence-electron chi connectivity index (χ2n) is 6.50. The molecule has 0 spiro atoms. The molecular weight excluding hydrogens is 242 g/mol. The molecule has 19 heavy (non-hydrogen) atoms. The van der Waals surface area contributed by atoms with Gasteiger partial charge in [0.25, 0.3) is 0 Å². The first-order chi connectivity index (χ1) is 8.74. The summed E-state index contributed by atoms with van der Waals surface area (Å²) in [6, 6.07) is 0. The normalized spacial score (nSPS) is 19.8. The number of β-amino-alcohol motifs (C(OH)–C–C–N with tert-alkyl or cyclic N) is 1. The molecular formula is C14H29N3O2. The van der Waals surface area contributed by atoms with E-state index in [0.29, 0.717) is 13.1 Å². The smallest absolute Gasteiger partial charge is 0.227 e. The Kier molecular flexibility index (Phi) is 5.77. The van der Waals surface area contributed by atoms with Crippen molar-refractivity contribution in [2.75, 3.05) is 39.3 Å². The van der Waals surface area contributed by atoms with Gasteiger partial charge in [-0.2, -0.15) is 0 Å². The van der Waals surface area contributed by atoms with Crippen LogP contribution in [0.25, 0.3) is 0 Å². The Balaban J connectivity index is 2.47. The summed E-state index contributed by atoms with van der Waals surface area (Å²) in [7, 11) is 0. The fourth-order valence-corrected chi connectivity index (χ4v) is 2.57. The Morgan fingerprint density at radius 1 is 1.26 bits per heavy atom. The first-order valence-electron chi connectivity index (χ1n) is 7.18. The molecule has 0 aromatic rings. The first-order valence-corrected chi connectivity index (χ1v) is 7.18. The van der Waals surface area contributed by atoms with E-state index < -0.39 is 5.60 Å². The van der Waals surface area contributed by atoms with Crippen molar-refractivity contribution in [1.82, 2.24) is 9.80 Å². The minimum absolute atomic E-state index is 0.0687. The summed E-state index contributed by atoms with van der Waals surface area (Å²) in [6.45, 7) is 11.9. The minimum atomic E-state index is -0.677. The maximum absolute atomic E-state index is 12.3. The van der Waals surface area contributed by atoms with Gasteiger partial charge in [0.2, 0.25) is 5.91 Å². The van der Waals surface area contributed by atoms with Crippen LogP contribution in [-0.4, -0.2) is 65.7 Å². The summed E-state index contributed by atoms with van der Waals surface area (Å²) in [5.74, 6) is 0.396. The molecule has 1 heterocycles. The van der Waals surface area contributed by atoms with Crippen LogP contribution in [-0.2, 0) is 4.79 Å². The van der Waals surface area contributed by atoms with Crippen LogP contribution in [0.2, 0.25) is 0 Å². The molecule has 5 nitrogen and oxygen atoms in total. The van der Waals surface area contributed by atoms with Crippen molar-refractivity contribution in [3.05, 3.63) is 0 Å². The SMILES string of the molecule is CC(C)C(CN)C(=O)N1CCN(CC(C)(C)O)CC1. The van der Waals surface area contributed by atoms with Gasteiger partial charge in [-0.3, -0.25) is 9.69 Å². The minimum Gasteiger partial charge on any atom is -0.389 e. The molecule has 1 aliphatic heterocycles. The lowest BCUT2D eigenvalue weighted by molar-refractivity contribution is -0.138. The zero-order valence-corrected chi connectivity index (χ0v) is 12.7. The molecule has 1 amide bonds. The van der Waals surface area contributed by atoms with Crippen molar-refractivity contribution in [1.29, 1.82) is 0 Å². The van der Waals surface area contributed by atoms with Gasteiger partial charge < -0.3 is 15.7 Å². The van der Waals surface area contributed by atoms with Crippen molar-refractivity contribution in [2.24, 2.45) is 17.6 Å². The van der Waals surface area contributed by atoms with Gasteiger partial charge in [-0.05, 0) is 19.8 Å². The highest BCUT2D eigenvalue weighted by Gasteiger charge is 2.29. The number of rotatable bonds is 5. The first kappa shape index (κ1) is 16.4. The van der Waals surface area contributed by atoms with Crippen LogP contribution < -0.4 is 5.73 Å². The second-order valence-corrected chi connectivity index (χ2v) is 6.50. The van der Waals surface area contributed by atoms with Crippen LogP contribution in [0.3, 0.4) is 0 Å². The fraction of sp³-hybridized carbons (Fsp3) is 0.929. The third kappa shape index (κ3) is 5.09. The van der Waals surface area contributed by atoms with Crippen LogP contribution in [0.4, 0.5) is 0 Å². The van der Waals surface area contributed by atoms with E-state index in [2.05, 4.69) is 4.90 Å². The average Bonchev–Trinajstić information content (AvgIpc) is 2.28. The number of hydrogen-bond donors (Lipinski definition) is 2. The van der Waals surface area contributed by atoms with Crippen LogP contribution in [0, 0.1) is 11.8 Å². The van der Waals surface area contributed by atoms with Gasteiger partial charge in [0.05, 0.1) is 11.5 Å². The summed E-state index contributed by atoms with van der Waals surface area (Å²) in [5.41, 5.74) is 5.02. The van der Waals surface area contributed by atoms with E-state index in [1.54, 1.807) is 0 Å². The Morgan fingerprint density at radius 3 is 2.16 bits per heavy atom. The molecule has 112 valence electrons. The Bertz CT molecular complexity index is 292. The fourth-order valence-electron chi connectivity index (χ4n) is 2.57. The number of piperazine rings is 1. The number of hydrogen-bond acceptors (Lipinski definition) is 4. The van der Waals surface area contributed by atoms with E-state index in [0.717, 1.165) is 26.2 Å². The molecule has 3 N–H and O–H groups in total. The zero-order chi connectivity index (χ0) is 14.6. The van der Waals surface area contributed by atoms with Crippen molar-refractivity contribution < 1.29 is 9.90 Å². The number of nitrogens with zero attached hydrogens (tertiary/aromatic N) is 2. The van der Waals surface area contributed by atoms with Crippen LogP contribution >= 0.6 is 0 Å². The van der Waals surface area contributed by atoms with Gasteiger partial charge in [-0.1, -0.05) is 13.8 Å². The van der Waals surface area contributed by atoms with E-state index in [1.165, 1.54) is 0 Å². The van der Waals surface area contributed by atoms with Gasteiger partial charge in [-0.15, -0.1) is 0 Å². The Hall–Kier alpha value is -0.650. The molecule has 0 bridgehead atoms. The molecule has 1 saturated heterocycles. The van der Waals surface area contributed by atoms with E-state index in [1.807, 2.05) is 32.6 Å². The third-order valence-corrected chi connectivity index (χ3v) is 3.67. The van der Waals surface area contributed by atoms with Crippen LogP contribution in [0.15, 0.2) is 0 Å². The molecule has 1 fully saturated rings. The Morgan fingerprint density at radius 2 is 1.79 bits per heavy atom. The standard InChI is InChI=1S/C14H29N3O2/c1-11(2)12(9-15)13(18)17-7-5-16(6-8-17)10-14(3,4)19/h11-12,19H,5-10,15H2,1-4H3. The quantitative estimate of drug-likeness (QED) is 0.746. The summed E-state index contributed by atoms with van der Waals surface area (Å²) in [5, 5.41) is 9.81. The van der Waals surface area contributed by atoms with Crippen LogP contribution in [0.5, 0.6) is 0 Å². The average molecular weight is 271 g/mol. The lowest BCUT2D eigenvalue weighted by Crippen LogP contribution is -2.54. The van der Waals surface area contributed by atoms with Crippen LogP contribution in [0.1, 0.15) is 27.7 Å². The van der Waals surface area contributed by atoms with Gasteiger partial charge in [0.15, 0.2) is 0 Å². The van der Waals surface area contributed by atoms with Crippen molar-refractivity contribution in [2.45, 2.75) is 33.3 Å². The molecule has 0 saturated carbocycles. The van der Waals surface area contributed by atoms with E-state index >= 15 is 0 Å². The van der Waals surface area contributed by atoms with Crippen molar-refractivity contribution in [3.8, 4) is 0 Å². The summed E-state index contributed by atoms with van der Waals surface area (Å²) in [4.78, 5) is 16.5. The van der Waals surface area contributed by atoms with Gasteiger partial charge in [0, 0.05) is 39.3 Å². The number of carbonyl (C=O) groups is 1. The lowest BCUT2D eigenvalue weighted by atomic mass is 9.94. The molecule has 5 heteroatoms. The molecule has 0 aromatic heterocycles. The molecule has 1 unspecified atom stereocenters. The number of carbonyl (C=O) groups excluding carboxylic acids is 1. The highest BCUT2D eigenvalue weighted by molar-refractivity contribution is 5.79. The van der Waals surface area contributed by atoms with Gasteiger partial charge in [-0.25, -0.2) is 0 Å². The lowest BCUT2D eigenvalue weighted by Gasteiger charge is -2.38. The van der Waals surface area contributed by atoms with Gasteiger partial charge >= 0.3 is 0 Å². The molecule has 1 atom stereocenters. The molecule has 1 rings (SSSR count). The van der Waals surface area contributed by atoms with E-state index in [4.69, 9.17) is 5.73 Å². The molecule has 0 aliphatic carbocycles. The number of nitrogens with two attached hydrogens (primary N) is 1. The second kappa shape index (κ2) is 6.68. The maximum atomic E-state index is 12.3. The van der Waals surface area contributed by atoms with Crippen molar-refractivity contribution in [3.63, 3.8) is 0 Å². The monoisotopic (exact) mass is 271 g/mol. The topological polar surface area (TPSA) is 69.8 Å². The summed E-state index contributed by atoms with van der Waals surface area (Å²) >= 11 is 0. The largest absolute Gasteiger partial charge is 0.389 e.